The van der Waals surface area contributed by atoms with E-state index >= 15 is 0 Å². The molecular weight excluding hydrogens is 290 g/mol. The third kappa shape index (κ3) is 2.20. The molecule has 18 heavy (non-hydrogen) atoms. The summed E-state index contributed by atoms with van der Waals surface area (Å²) in [5, 5.41) is 3.22. The fourth-order valence-electron chi connectivity index (χ4n) is 3.46. The molecule has 3 rings (SSSR count). The Morgan fingerprint density at radius 3 is 2.78 bits per heavy atom. The summed E-state index contributed by atoms with van der Waals surface area (Å²) in [7, 11) is 0. The van der Waals surface area contributed by atoms with Crippen molar-refractivity contribution in [1.82, 2.24) is 5.32 Å². The van der Waals surface area contributed by atoms with Crippen molar-refractivity contribution >= 4 is 21.8 Å². The van der Waals surface area contributed by atoms with Gasteiger partial charge >= 0.3 is 0 Å². The quantitative estimate of drug-likeness (QED) is 0.887. The van der Waals surface area contributed by atoms with E-state index in [0.29, 0.717) is 6.04 Å². The highest BCUT2D eigenvalue weighted by Gasteiger charge is 2.40. The maximum Gasteiger partial charge on any atom is 0.251 e. The standard InChI is InChI=1S/C15H18BrNO/c1-9-6-12(4-5-13(9)16)15(18)17-14-8-10-2-3-11(14)7-10/h4-6,10-11,14H,2-3,7-8H2,1H3,(H,17,18). The predicted octanol–water partition coefficient (Wildman–Crippen LogP) is 3.68. The van der Waals surface area contributed by atoms with E-state index in [2.05, 4.69) is 21.2 Å². The summed E-state index contributed by atoms with van der Waals surface area (Å²) in [5.41, 5.74) is 1.88. The Morgan fingerprint density at radius 2 is 2.17 bits per heavy atom. The van der Waals surface area contributed by atoms with Gasteiger partial charge < -0.3 is 5.32 Å². The Labute approximate surface area is 116 Å². The zero-order valence-electron chi connectivity index (χ0n) is 10.6. The van der Waals surface area contributed by atoms with Gasteiger partial charge in [0.2, 0.25) is 0 Å². The number of nitrogens with one attached hydrogen (secondary N) is 1. The number of hydrogen-bond acceptors (Lipinski definition) is 1. The second-order valence-electron chi connectivity index (χ2n) is 5.72. The summed E-state index contributed by atoms with van der Waals surface area (Å²) in [6.07, 6.45) is 5.18. The largest absolute Gasteiger partial charge is 0.349 e. The molecule has 0 aliphatic heterocycles. The monoisotopic (exact) mass is 307 g/mol. The highest BCUT2D eigenvalue weighted by atomic mass is 79.9. The number of aryl methyl sites for hydroxylation is 1. The topological polar surface area (TPSA) is 29.1 Å². The van der Waals surface area contributed by atoms with Gasteiger partial charge in [0, 0.05) is 16.1 Å². The van der Waals surface area contributed by atoms with Gasteiger partial charge in [0.05, 0.1) is 0 Å². The summed E-state index contributed by atoms with van der Waals surface area (Å²) in [4.78, 5) is 12.2. The van der Waals surface area contributed by atoms with Gasteiger partial charge in [-0.1, -0.05) is 22.4 Å². The molecule has 1 amide bonds. The number of amides is 1. The molecule has 1 aromatic carbocycles. The molecule has 2 aliphatic rings. The maximum atomic E-state index is 12.2. The van der Waals surface area contributed by atoms with Crippen LogP contribution in [0.25, 0.3) is 0 Å². The molecule has 2 bridgehead atoms. The third-order valence-corrected chi connectivity index (χ3v) is 5.36. The van der Waals surface area contributed by atoms with Gasteiger partial charge in [0.1, 0.15) is 0 Å². The molecule has 0 spiro atoms. The van der Waals surface area contributed by atoms with E-state index in [0.717, 1.165) is 27.4 Å². The lowest BCUT2D eigenvalue weighted by Gasteiger charge is -2.23. The van der Waals surface area contributed by atoms with Crippen LogP contribution in [-0.4, -0.2) is 11.9 Å². The van der Waals surface area contributed by atoms with Crippen molar-refractivity contribution in [2.45, 2.75) is 38.6 Å². The van der Waals surface area contributed by atoms with Crippen LogP contribution < -0.4 is 5.32 Å². The highest BCUT2D eigenvalue weighted by Crippen LogP contribution is 2.44. The van der Waals surface area contributed by atoms with Gasteiger partial charge in [0.15, 0.2) is 0 Å². The number of halogens is 1. The van der Waals surface area contributed by atoms with E-state index in [4.69, 9.17) is 0 Å². The molecule has 3 heteroatoms. The first kappa shape index (κ1) is 12.2. The molecule has 3 unspecified atom stereocenters. The van der Waals surface area contributed by atoms with Crippen LogP contribution in [0.2, 0.25) is 0 Å². The summed E-state index contributed by atoms with van der Waals surface area (Å²) in [6, 6.07) is 6.21. The molecule has 2 aliphatic carbocycles. The minimum absolute atomic E-state index is 0.0863. The number of carbonyl (C=O) groups is 1. The molecule has 2 saturated carbocycles. The molecule has 0 saturated heterocycles. The van der Waals surface area contributed by atoms with Gasteiger partial charge in [0.25, 0.3) is 5.91 Å². The predicted molar refractivity (Wildman–Crippen MR) is 75.6 cm³/mol. The van der Waals surface area contributed by atoms with Crippen molar-refractivity contribution in [3.8, 4) is 0 Å². The molecule has 96 valence electrons. The number of rotatable bonds is 2. The lowest BCUT2D eigenvalue weighted by Crippen LogP contribution is -2.38. The Balaban J connectivity index is 1.69. The molecule has 2 nitrogen and oxygen atoms in total. The van der Waals surface area contributed by atoms with Crippen LogP contribution in [0.1, 0.15) is 41.6 Å². The van der Waals surface area contributed by atoms with Crippen LogP contribution in [0, 0.1) is 18.8 Å². The molecule has 0 radical (unpaired) electrons. The van der Waals surface area contributed by atoms with E-state index in [1.807, 2.05) is 25.1 Å². The first-order valence-corrected chi connectivity index (χ1v) is 7.50. The van der Waals surface area contributed by atoms with Crippen LogP contribution in [0.5, 0.6) is 0 Å². The minimum Gasteiger partial charge on any atom is -0.349 e. The van der Waals surface area contributed by atoms with Gasteiger partial charge in [-0.15, -0.1) is 0 Å². The summed E-state index contributed by atoms with van der Waals surface area (Å²) >= 11 is 3.46. The minimum atomic E-state index is 0.0863. The number of fused-ring (bicyclic) bond motifs is 2. The summed E-state index contributed by atoms with van der Waals surface area (Å²) in [6.45, 7) is 2.01. The SMILES string of the molecule is Cc1cc(C(=O)NC2CC3CCC2C3)ccc1Br. The van der Waals surface area contributed by atoms with Gasteiger partial charge in [-0.05, 0) is 61.8 Å². The van der Waals surface area contributed by atoms with E-state index in [-0.39, 0.29) is 5.91 Å². The van der Waals surface area contributed by atoms with E-state index in [1.54, 1.807) is 0 Å². The van der Waals surface area contributed by atoms with Crippen LogP contribution in [0.3, 0.4) is 0 Å². The van der Waals surface area contributed by atoms with Gasteiger partial charge in [-0.2, -0.15) is 0 Å². The lowest BCUT2D eigenvalue weighted by molar-refractivity contribution is 0.0923. The first-order chi connectivity index (χ1) is 8.63. The number of hydrogen-bond donors (Lipinski definition) is 1. The van der Waals surface area contributed by atoms with E-state index in [1.165, 1.54) is 25.7 Å². The van der Waals surface area contributed by atoms with Crippen molar-refractivity contribution in [2.75, 3.05) is 0 Å². The Kier molecular flexibility index (Phi) is 3.18. The fraction of sp³-hybridized carbons (Fsp3) is 0.533. The zero-order valence-corrected chi connectivity index (χ0v) is 12.2. The maximum absolute atomic E-state index is 12.2. The molecule has 3 atom stereocenters. The van der Waals surface area contributed by atoms with E-state index in [9.17, 15) is 4.79 Å². The smallest absolute Gasteiger partial charge is 0.251 e. The van der Waals surface area contributed by atoms with Crippen LogP contribution in [-0.2, 0) is 0 Å². The van der Waals surface area contributed by atoms with Crippen LogP contribution in [0.4, 0.5) is 0 Å². The molecule has 2 fully saturated rings. The second-order valence-corrected chi connectivity index (χ2v) is 6.57. The number of carbonyl (C=O) groups excluding carboxylic acids is 1. The van der Waals surface area contributed by atoms with Gasteiger partial charge in [-0.25, -0.2) is 0 Å². The Hall–Kier alpha value is -0.830. The average Bonchev–Trinajstić information content (AvgIpc) is 2.94. The lowest BCUT2D eigenvalue weighted by atomic mass is 9.95. The van der Waals surface area contributed by atoms with E-state index < -0.39 is 0 Å². The summed E-state index contributed by atoms with van der Waals surface area (Å²) in [5.74, 6) is 1.69. The van der Waals surface area contributed by atoms with Crippen molar-refractivity contribution in [3.63, 3.8) is 0 Å². The van der Waals surface area contributed by atoms with Crippen LogP contribution >= 0.6 is 15.9 Å². The highest BCUT2D eigenvalue weighted by molar-refractivity contribution is 9.10. The van der Waals surface area contributed by atoms with Gasteiger partial charge in [-0.3, -0.25) is 4.79 Å². The molecule has 1 aromatic rings. The molecule has 0 aromatic heterocycles. The summed E-state index contributed by atoms with van der Waals surface area (Å²) < 4.78 is 1.05. The van der Waals surface area contributed by atoms with Crippen molar-refractivity contribution in [2.24, 2.45) is 11.8 Å². The average molecular weight is 308 g/mol. The Morgan fingerprint density at radius 1 is 1.33 bits per heavy atom. The first-order valence-electron chi connectivity index (χ1n) is 6.70. The van der Waals surface area contributed by atoms with Crippen molar-refractivity contribution in [1.29, 1.82) is 0 Å². The zero-order chi connectivity index (χ0) is 12.7. The van der Waals surface area contributed by atoms with Crippen molar-refractivity contribution < 1.29 is 4.79 Å². The molecular formula is C15H18BrNO. The second kappa shape index (κ2) is 4.69. The fourth-order valence-corrected chi connectivity index (χ4v) is 3.71. The molecule has 0 heterocycles. The van der Waals surface area contributed by atoms with Crippen molar-refractivity contribution in [3.05, 3.63) is 33.8 Å². The normalized spacial score (nSPS) is 29.6. The number of benzene rings is 1. The third-order valence-electron chi connectivity index (χ3n) is 4.47. The molecule has 1 N–H and O–H groups in total. The van der Waals surface area contributed by atoms with Crippen LogP contribution in [0.15, 0.2) is 22.7 Å². The Bertz CT molecular complexity index is 485.